The monoisotopic (exact) mass is 451 g/mol. The van der Waals surface area contributed by atoms with Crippen LogP contribution in [0.15, 0.2) is 83.3 Å². The van der Waals surface area contributed by atoms with E-state index in [-0.39, 0.29) is 5.78 Å². The SMILES string of the molecule is Cc1ccc[n+](-c2c(SCc3ccccc3)sc(C(=O)c3ccc(Cl)cc3)c2N)c1. The van der Waals surface area contributed by atoms with Gasteiger partial charge in [0.15, 0.2) is 12.4 Å². The number of aryl methyl sites for hydroxylation is 1. The van der Waals surface area contributed by atoms with Gasteiger partial charge in [-0.3, -0.25) is 4.79 Å². The van der Waals surface area contributed by atoms with Crippen LogP contribution in [0.5, 0.6) is 0 Å². The predicted octanol–water partition coefficient (Wildman–Crippen LogP) is 6.09. The molecule has 0 aliphatic rings. The number of rotatable bonds is 6. The summed E-state index contributed by atoms with van der Waals surface area (Å²) in [5.41, 5.74) is 10.8. The zero-order valence-electron chi connectivity index (χ0n) is 16.3. The van der Waals surface area contributed by atoms with Crippen molar-refractivity contribution in [2.24, 2.45) is 0 Å². The Morgan fingerprint density at radius 1 is 1.07 bits per heavy atom. The molecule has 6 heteroatoms. The third-order valence-corrected chi connectivity index (χ3v) is 7.40. The van der Waals surface area contributed by atoms with Gasteiger partial charge >= 0.3 is 0 Å². The first-order valence-electron chi connectivity index (χ1n) is 9.40. The molecule has 2 aromatic heterocycles. The molecule has 0 unspecified atom stereocenters. The van der Waals surface area contributed by atoms with Crippen LogP contribution in [0, 0.1) is 6.92 Å². The maximum Gasteiger partial charge on any atom is 0.259 e. The Morgan fingerprint density at radius 3 is 2.50 bits per heavy atom. The highest BCUT2D eigenvalue weighted by Crippen LogP contribution is 2.40. The Labute approximate surface area is 189 Å². The Bertz CT molecular complexity index is 1190. The number of ketones is 1. The summed E-state index contributed by atoms with van der Waals surface area (Å²) in [6, 6.07) is 21.2. The molecule has 0 saturated carbocycles. The van der Waals surface area contributed by atoms with Crippen molar-refractivity contribution in [3.63, 3.8) is 0 Å². The lowest BCUT2D eigenvalue weighted by molar-refractivity contribution is -0.597. The fourth-order valence-corrected chi connectivity index (χ4v) is 5.66. The number of benzene rings is 2. The van der Waals surface area contributed by atoms with E-state index in [1.165, 1.54) is 16.9 Å². The number of anilines is 1. The molecule has 2 heterocycles. The molecule has 0 aliphatic carbocycles. The molecule has 0 amide bonds. The van der Waals surface area contributed by atoms with Gasteiger partial charge in [0.05, 0.1) is 0 Å². The van der Waals surface area contributed by atoms with Crippen molar-refractivity contribution in [2.45, 2.75) is 16.9 Å². The van der Waals surface area contributed by atoms with E-state index in [4.69, 9.17) is 17.3 Å². The van der Waals surface area contributed by atoms with Gasteiger partial charge in [-0.2, -0.15) is 4.57 Å². The predicted molar refractivity (Wildman–Crippen MR) is 126 cm³/mol. The van der Waals surface area contributed by atoms with Crippen LogP contribution in [0.4, 0.5) is 5.69 Å². The molecule has 4 rings (SSSR count). The zero-order chi connectivity index (χ0) is 21.1. The molecule has 2 N–H and O–H groups in total. The number of thiophene rings is 1. The number of carbonyl (C=O) groups excluding carboxylic acids is 1. The Hall–Kier alpha value is -2.60. The van der Waals surface area contributed by atoms with Crippen molar-refractivity contribution in [1.29, 1.82) is 0 Å². The number of hydrogen-bond acceptors (Lipinski definition) is 4. The van der Waals surface area contributed by atoms with Crippen LogP contribution in [0.3, 0.4) is 0 Å². The molecule has 30 heavy (non-hydrogen) atoms. The van der Waals surface area contributed by atoms with E-state index in [1.54, 1.807) is 36.0 Å². The lowest BCUT2D eigenvalue weighted by Gasteiger charge is -2.02. The summed E-state index contributed by atoms with van der Waals surface area (Å²) >= 11 is 9.12. The first-order chi connectivity index (χ1) is 14.5. The van der Waals surface area contributed by atoms with E-state index < -0.39 is 0 Å². The number of carbonyl (C=O) groups is 1. The minimum Gasteiger partial charge on any atom is -0.392 e. The van der Waals surface area contributed by atoms with Crippen molar-refractivity contribution in [3.05, 3.63) is 106 Å². The Balaban J connectivity index is 1.76. The molecule has 0 bridgehead atoms. The molecule has 0 spiro atoms. The van der Waals surface area contributed by atoms with Gasteiger partial charge in [-0.15, -0.1) is 23.1 Å². The van der Waals surface area contributed by atoms with Crippen molar-refractivity contribution in [1.82, 2.24) is 0 Å². The summed E-state index contributed by atoms with van der Waals surface area (Å²) in [5.74, 6) is 0.713. The first kappa shape index (κ1) is 20.7. The topological polar surface area (TPSA) is 47.0 Å². The highest BCUT2D eigenvalue weighted by Gasteiger charge is 2.28. The van der Waals surface area contributed by atoms with Crippen molar-refractivity contribution >= 4 is 46.2 Å². The summed E-state index contributed by atoms with van der Waals surface area (Å²) in [7, 11) is 0. The highest BCUT2D eigenvalue weighted by atomic mass is 35.5. The maximum atomic E-state index is 13.2. The van der Waals surface area contributed by atoms with Crippen LogP contribution in [-0.2, 0) is 5.75 Å². The molecule has 3 nitrogen and oxygen atoms in total. The van der Waals surface area contributed by atoms with Crippen LogP contribution >= 0.6 is 34.7 Å². The average molecular weight is 452 g/mol. The van der Waals surface area contributed by atoms with E-state index in [9.17, 15) is 4.79 Å². The quantitative estimate of drug-likeness (QED) is 0.219. The minimum absolute atomic E-state index is 0.0877. The molecule has 0 radical (unpaired) electrons. The number of nitrogens with two attached hydrogens (primary N) is 1. The van der Waals surface area contributed by atoms with Gasteiger partial charge in [0.25, 0.3) is 5.69 Å². The molecule has 0 aliphatic heterocycles. The van der Waals surface area contributed by atoms with E-state index in [1.807, 2.05) is 54.2 Å². The summed E-state index contributed by atoms with van der Waals surface area (Å²) in [6.07, 6.45) is 4.00. The number of halogens is 1. The lowest BCUT2D eigenvalue weighted by atomic mass is 10.1. The zero-order valence-corrected chi connectivity index (χ0v) is 18.7. The molecule has 0 atom stereocenters. The van der Waals surface area contributed by atoms with Crippen LogP contribution in [-0.4, -0.2) is 5.78 Å². The largest absolute Gasteiger partial charge is 0.392 e. The number of nitrogens with zero attached hydrogens (tertiary/aromatic N) is 1. The number of thioether (sulfide) groups is 1. The first-order valence-corrected chi connectivity index (χ1v) is 11.6. The maximum absolute atomic E-state index is 13.2. The summed E-state index contributed by atoms with van der Waals surface area (Å²) in [6.45, 7) is 2.04. The molecule has 4 aromatic rings. The van der Waals surface area contributed by atoms with Crippen molar-refractivity contribution in [2.75, 3.05) is 5.73 Å². The fraction of sp³-hybridized carbons (Fsp3) is 0.0833. The van der Waals surface area contributed by atoms with Gasteiger partial charge in [-0.05, 0) is 42.8 Å². The number of nitrogen functional groups attached to an aromatic ring is 1. The van der Waals surface area contributed by atoms with Crippen molar-refractivity contribution in [3.8, 4) is 5.69 Å². The van der Waals surface area contributed by atoms with Crippen LogP contribution in [0.25, 0.3) is 5.69 Å². The van der Waals surface area contributed by atoms with Gasteiger partial charge in [0, 0.05) is 28.0 Å². The third-order valence-electron chi connectivity index (χ3n) is 4.62. The molecule has 150 valence electrons. The van der Waals surface area contributed by atoms with Gasteiger partial charge in [0.2, 0.25) is 5.78 Å². The van der Waals surface area contributed by atoms with E-state index in [0.717, 1.165) is 21.2 Å². The van der Waals surface area contributed by atoms with Gasteiger partial charge < -0.3 is 5.73 Å². The smallest absolute Gasteiger partial charge is 0.259 e. The van der Waals surface area contributed by atoms with E-state index >= 15 is 0 Å². The van der Waals surface area contributed by atoms with Gasteiger partial charge in [-0.1, -0.05) is 41.9 Å². The summed E-state index contributed by atoms with van der Waals surface area (Å²) < 4.78 is 3.02. The normalized spacial score (nSPS) is 10.9. The van der Waals surface area contributed by atoms with Crippen LogP contribution in [0.1, 0.15) is 26.4 Å². The Morgan fingerprint density at radius 2 is 1.80 bits per heavy atom. The number of hydrogen-bond donors (Lipinski definition) is 1. The van der Waals surface area contributed by atoms with E-state index in [2.05, 4.69) is 12.1 Å². The fourth-order valence-electron chi connectivity index (χ4n) is 3.11. The average Bonchev–Trinajstić information content (AvgIpc) is 3.09. The molecular weight excluding hydrogens is 432 g/mol. The second-order valence-corrected chi connectivity index (χ2v) is 9.58. The molecular formula is C24H20ClN2OS2+. The number of pyridine rings is 1. The lowest BCUT2D eigenvalue weighted by Crippen LogP contribution is -2.31. The summed E-state index contributed by atoms with van der Waals surface area (Å²) in [4.78, 5) is 13.7. The number of aromatic nitrogens is 1. The molecule has 2 aromatic carbocycles. The van der Waals surface area contributed by atoms with E-state index in [0.29, 0.717) is 21.2 Å². The highest BCUT2D eigenvalue weighted by molar-refractivity contribution is 8.00. The van der Waals surface area contributed by atoms with Gasteiger partial charge in [-0.25, -0.2) is 0 Å². The summed E-state index contributed by atoms with van der Waals surface area (Å²) in [5, 5.41) is 0.598. The van der Waals surface area contributed by atoms with Crippen LogP contribution in [0.2, 0.25) is 5.02 Å². The van der Waals surface area contributed by atoms with Crippen molar-refractivity contribution < 1.29 is 9.36 Å². The standard InChI is InChI=1S/C24H19ClN2OS2/c1-16-6-5-13-27(14-16)21-20(26)23(22(28)18-9-11-19(25)12-10-18)30-24(21)29-15-17-7-3-2-4-8-17/h2-14H,15H2,1H3,(H-,26,28)/p+1. The third kappa shape index (κ3) is 4.43. The molecule has 0 saturated heterocycles. The molecule has 0 fully saturated rings. The minimum atomic E-state index is -0.0877. The second-order valence-electron chi connectivity index (χ2n) is 6.88. The van der Waals surface area contributed by atoms with Gasteiger partial charge in [0.1, 0.15) is 14.8 Å². The Kier molecular flexibility index (Phi) is 6.23. The second kappa shape index (κ2) is 9.04. The van der Waals surface area contributed by atoms with Crippen LogP contribution < -0.4 is 10.3 Å².